The van der Waals surface area contributed by atoms with Gasteiger partial charge in [0.2, 0.25) is 5.91 Å². The molecule has 6 nitrogen and oxygen atoms in total. The minimum atomic E-state index is -1.02. The van der Waals surface area contributed by atoms with Gasteiger partial charge in [-0.25, -0.2) is 4.79 Å². The molecule has 1 aromatic rings. The second-order valence-corrected chi connectivity index (χ2v) is 3.83. The molecule has 2 heterocycles. The fraction of sp³-hybridized carbons (Fsp3) is 0.455. The fourth-order valence-corrected chi connectivity index (χ4v) is 1.71. The van der Waals surface area contributed by atoms with Gasteiger partial charge in [0.1, 0.15) is 11.9 Å². The molecule has 1 amide bonds. The highest BCUT2D eigenvalue weighted by Crippen LogP contribution is 2.20. The van der Waals surface area contributed by atoms with Crippen LogP contribution >= 0.6 is 0 Å². The van der Waals surface area contributed by atoms with E-state index >= 15 is 0 Å². The Hall–Kier alpha value is -1.82. The van der Waals surface area contributed by atoms with E-state index in [0.717, 1.165) is 0 Å². The first-order valence-electron chi connectivity index (χ1n) is 5.35. The lowest BCUT2D eigenvalue weighted by atomic mass is 10.2. The molecular formula is C11H13NO5. The first kappa shape index (κ1) is 11.7. The Morgan fingerprint density at radius 2 is 2.18 bits per heavy atom. The number of furan rings is 1. The van der Waals surface area contributed by atoms with Gasteiger partial charge >= 0.3 is 5.97 Å². The van der Waals surface area contributed by atoms with Gasteiger partial charge in [0, 0.05) is 0 Å². The molecule has 2 atom stereocenters. The van der Waals surface area contributed by atoms with E-state index in [-0.39, 0.29) is 12.5 Å². The topological polar surface area (TPSA) is 88.8 Å². The zero-order valence-electron chi connectivity index (χ0n) is 9.09. The van der Waals surface area contributed by atoms with Gasteiger partial charge < -0.3 is 19.6 Å². The highest BCUT2D eigenvalue weighted by Gasteiger charge is 2.34. The molecule has 1 aromatic heterocycles. The summed E-state index contributed by atoms with van der Waals surface area (Å²) in [5.74, 6) is -0.678. The van der Waals surface area contributed by atoms with Gasteiger partial charge in [-0.05, 0) is 25.0 Å². The van der Waals surface area contributed by atoms with E-state index in [4.69, 9.17) is 14.3 Å². The van der Waals surface area contributed by atoms with Crippen LogP contribution in [0.5, 0.6) is 0 Å². The molecule has 0 spiro atoms. The molecule has 1 aliphatic rings. The zero-order chi connectivity index (χ0) is 12.3. The van der Waals surface area contributed by atoms with E-state index in [9.17, 15) is 9.59 Å². The Morgan fingerprint density at radius 3 is 2.76 bits per heavy atom. The van der Waals surface area contributed by atoms with Crippen LogP contribution in [0.15, 0.2) is 22.8 Å². The van der Waals surface area contributed by atoms with Gasteiger partial charge in [-0.3, -0.25) is 4.79 Å². The summed E-state index contributed by atoms with van der Waals surface area (Å²) < 4.78 is 10.2. The summed E-state index contributed by atoms with van der Waals surface area (Å²) in [5, 5.41) is 11.4. The first-order valence-corrected chi connectivity index (χ1v) is 5.35. The number of rotatable bonds is 4. The van der Waals surface area contributed by atoms with Crippen LogP contribution in [-0.2, 0) is 20.9 Å². The molecule has 0 aromatic carbocycles. The van der Waals surface area contributed by atoms with Crippen molar-refractivity contribution in [2.75, 3.05) is 0 Å². The minimum Gasteiger partial charge on any atom is -0.479 e. The number of carbonyl (C=O) groups excluding carboxylic acids is 1. The van der Waals surface area contributed by atoms with Gasteiger partial charge in [0.15, 0.2) is 6.10 Å². The second-order valence-electron chi connectivity index (χ2n) is 3.83. The summed E-state index contributed by atoms with van der Waals surface area (Å²) >= 11 is 0. The number of ether oxygens (including phenoxy) is 1. The van der Waals surface area contributed by atoms with E-state index in [1.165, 1.54) is 6.26 Å². The summed E-state index contributed by atoms with van der Waals surface area (Å²) in [6.45, 7) is 0.281. The molecule has 1 aliphatic heterocycles. The van der Waals surface area contributed by atoms with Crippen LogP contribution < -0.4 is 5.32 Å². The van der Waals surface area contributed by atoms with Crippen molar-refractivity contribution in [2.24, 2.45) is 0 Å². The SMILES string of the molecule is O=C(O)C1CCC(C(=O)NCc2ccco2)O1. The lowest BCUT2D eigenvalue weighted by molar-refractivity contribution is -0.151. The highest BCUT2D eigenvalue weighted by atomic mass is 16.5. The monoisotopic (exact) mass is 239 g/mol. The third kappa shape index (κ3) is 2.85. The Morgan fingerprint density at radius 1 is 1.41 bits per heavy atom. The average Bonchev–Trinajstić information content (AvgIpc) is 2.96. The molecule has 0 aliphatic carbocycles. The molecule has 92 valence electrons. The van der Waals surface area contributed by atoms with Crippen molar-refractivity contribution >= 4 is 11.9 Å². The third-order valence-electron chi connectivity index (χ3n) is 2.60. The normalized spacial score (nSPS) is 23.5. The van der Waals surface area contributed by atoms with Gasteiger partial charge in [-0.2, -0.15) is 0 Å². The van der Waals surface area contributed by atoms with Crippen LogP contribution in [-0.4, -0.2) is 29.2 Å². The molecule has 1 fully saturated rings. The molecule has 0 bridgehead atoms. The molecular weight excluding hydrogens is 226 g/mol. The summed E-state index contributed by atoms with van der Waals surface area (Å²) in [6, 6.07) is 3.48. The van der Waals surface area contributed by atoms with Crippen LogP contribution in [0.3, 0.4) is 0 Å². The molecule has 2 N–H and O–H groups in total. The largest absolute Gasteiger partial charge is 0.479 e. The number of aliphatic carboxylic acids is 1. The molecule has 1 saturated heterocycles. The van der Waals surface area contributed by atoms with Crippen molar-refractivity contribution in [2.45, 2.75) is 31.6 Å². The zero-order valence-corrected chi connectivity index (χ0v) is 9.09. The van der Waals surface area contributed by atoms with Crippen molar-refractivity contribution < 1.29 is 23.8 Å². The number of carbonyl (C=O) groups is 2. The number of hydrogen-bond donors (Lipinski definition) is 2. The lowest BCUT2D eigenvalue weighted by Gasteiger charge is -2.10. The summed E-state index contributed by atoms with van der Waals surface area (Å²) in [6.07, 6.45) is 0.781. The lowest BCUT2D eigenvalue weighted by Crippen LogP contribution is -2.35. The Kier molecular flexibility index (Phi) is 3.43. The van der Waals surface area contributed by atoms with Gasteiger partial charge in [-0.1, -0.05) is 0 Å². The predicted octanol–water partition coefficient (Wildman–Crippen LogP) is 0.528. The number of nitrogens with one attached hydrogen (secondary N) is 1. The van der Waals surface area contributed by atoms with Crippen LogP contribution in [0, 0.1) is 0 Å². The maximum Gasteiger partial charge on any atom is 0.332 e. The van der Waals surface area contributed by atoms with E-state index in [0.29, 0.717) is 18.6 Å². The Balaban J connectivity index is 1.79. The molecule has 6 heteroatoms. The molecule has 17 heavy (non-hydrogen) atoms. The van der Waals surface area contributed by atoms with Crippen molar-refractivity contribution in [1.29, 1.82) is 0 Å². The third-order valence-corrected chi connectivity index (χ3v) is 2.60. The quantitative estimate of drug-likeness (QED) is 0.800. The van der Waals surface area contributed by atoms with Crippen LogP contribution in [0.25, 0.3) is 0 Å². The number of carboxylic acid groups (broad SMARTS) is 1. The van der Waals surface area contributed by atoms with E-state index < -0.39 is 18.2 Å². The fourth-order valence-electron chi connectivity index (χ4n) is 1.71. The summed E-state index contributed by atoms with van der Waals surface area (Å²) in [4.78, 5) is 22.3. The maximum absolute atomic E-state index is 11.6. The van der Waals surface area contributed by atoms with Crippen LogP contribution in [0.4, 0.5) is 0 Å². The van der Waals surface area contributed by atoms with Gasteiger partial charge in [0.25, 0.3) is 0 Å². The molecule has 2 unspecified atom stereocenters. The minimum absolute atomic E-state index is 0.281. The van der Waals surface area contributed by atoms with E-state index in [1.54, 1.807) is 12.1 Å². The van der Waals surface area contributed by atoms with E-state index in [2.05, 4.69) is 5.32 Å². The van der Waals surface area contributed by atoms with Crippen LogP contribution in [0.1, 0.15) is 18.6 Å². The number of hydrogen-bond acceptors (Lipinski definition) is 4. The van der Waals surface area contributed by atoms with Gasteiger partial charge in [0.05, 0.1) is 12.8 Å². The van der Waals surface area contributed by atoms with Crippen molar-refractivity contribution in [3.05, 3.63) is 24.2 Å². The first-order chi connectivity index (χ1) is 8.16. The number of amides is 1. The smallest absolute Gasteiger partial charge is 0.332 e. The Labute approximate surface area is 97.6 Å². The van der Waals surface area contributed by atoms with Crippen LogP contribution in [0.2, 0.25) is 0 Å². The standard InChI is InChI=1S/C11H13NO5/c13-10(12-6-7-2-1-5-16-7)8-3-4-9(17-8)11(14)15/h1-2,5,8-9H,3-4,6H2,(H,12,13)(H,14,15). The predicted molar refractivity (Wildman–Crippen MR) is 56.1 cm³/mol. The van der Waals surface area contributed by atoms with Crippen molar-refractivity contribution in [3.8, 4) is 0 Å². The second kappa shape index (κ2) is 5.01. The van der Waals surface area contributed by atoms with Gasteiger partial charge in [-0.15, -0.1) is 0 Å². The highest BCUT2D eigenvalue weighted by molar-refractivity contribution is 5.82. The molecule has 2 rings (SSSR count). The van der Waals surface area contributed by atoms with E-state index in [1.807, 2.05) is 0 Å². The molecule has 0 saturated carbocycles. The average molecular weight is 239 g/mol. The summed E-state index contributed by atoms with van der Waals surface area (Å²) in [7, 11) is 0. The molecule has 0 radical (unpaired) electrons. The number of carboxylic acids is 1. The maximum atomic E-state index is 11.6. The van der Waals surface area contributed by atoms with Crippen molar-refractivity contribution in [3.63, 3.8) is 0 Å². The van der Waals surface area contributed by atoms with Crippen molar-refractivity contribution in [1.82, 2.24) is 5.32 Å². The summed E-state index contributed by atoms with van der Waals surface area (Å²) in [5.41, 5.74) is 0. The Bertz CT molecular complexity index is 400.